The lowest BCUT2D eigenvalue weighted by Gasteiger charge is -2.59. The van der Waals surface area contributed by atoms with Gasteiger partial charge in [-0.2, -0.15) is 0 Å². The van der Waals surface area contributed by atoms with Crippen molar-refractivity contribution in [1.29, 1.82) is 0 Å². The molecule has 0 N–H and O–H groups in total. The summed E-state index contributed by atoms with van der Waals surface area (Å²) in [7, 11) is 3.59. The fraction of sp³-hybridized carbons (Fsp3) is 0.650. The van der Waals surface area contributed by atoms with E-state index in [1.807, 2.05) is 30.1 Å². The molecule has 3 nitrogen and oxygen atoms in total. The topological polar surface area (TPSA) is 29.5 Å². The van der Waals surface area contributed by atoms with Crippen LogP contribution in [-0.4, -0.2) is 29.8 Å². The van der Waals surface area contributed by atoms with E-state index in [4.69, 9.17) is 16.3 Å². The van der Waals surface area contributed by atoms with E-state index >= 15 is 0 Å². The summed E-state index contributed by atoms with van der Waals surface area (Å²) in [5.74, 6) is 2.36. The first-order chi connectivity index (χ1) is 11.8. The first-order valence-electron chi connectivity index (χ1n) is 9.09. The molecule has 5 rings (SSSR count). The Balaban J connectivity index is 1.56. The van der Waals surface area contributed by atoms with E-state index < -0.39 is 0 Å². The van der Waals surface area contributed by atoms with Gasteiger partial charge >= 0.3 is 0 Å². The number of ether oxygens (including phenoxy) is 1. The van der Waals surface area contributed by atoms with Crippen molar-refractivity contribution in [2.45, 2.75) is 49.9 Å². The van der Waals surface area contributed by atoms with Gasteiger partial charge in [0.15, 0.2) is 0 Å². The molecule has 5 heteroatoms. The van der Waals surface area contributed by atoms with Crippen LogP contribution in [0.25, 0.3) is 0 Å². The van der Waals surface area contributed by atoms with E-state index in [0.717, 1.165) is 47.9 Å². The number of rotatable bonds is 4. The number of hydrogen-bond donors (Lipinski definition) is 0. The first-order valence-corrected chi connectivity index (χ1v) is 10.3. The van der Waals surface area contributed by atoms with Crippen LogP contribution in [0.15, 0.2) is 22.7 Å². The summed E-state index contributed by atoms with van der Waals surface area (Å²) in [6.07, 6.45) is 6.38. The molecule has 4 saturated carbocycles. The van der Waals surface area contributed by atoms with Crippen molar-refractivity contribution in [2.24, 2.45) is 17.3 Å². The maximum absolute atomic E-state index is 13.4. The number of carbonyl (C=O) groups excluding carboxylic acids is 1. The average molecular weight is 427 g/mol. The maximum Gasteiger partial charge on any atom is 0.228 e. The van der Waals surface area contributed by atoms with Crippen molar-refractivity contribution < 1.29 is 9.53 Å². The highest BCUT2D eigenvalue weighted by molar-refractivity contribution is 9.10. The minimum absolute atomic E-state index is 0.131. The van der Waals surface area contributed by atoms with Gasteiger partial charge in [0.1, 0.15) is 5.75 Å². The summed E-state index contributed by atoms with van der Waals surface area (Å²) in [5, 5.41) is 0. The Labute approximate surface area is 163 Å². The van der Waals surface area contributed by atoms with Crippen LogP contribution < -0.4 is 4.74 Å². The molecule has 4 aliphatic carbocycles. The SMILES string of the molecule is COc1ccc(Br)cc1CN(C)C(=O)C12CC3CC(CC(Cl)(C3)C1)C2. The van der Waals surface area contributed by atoms with Crippen molar-refractivity contribution >= 4 is 33.4 Å². The third kappa shape index (κ3) is 3.10. The first kappa shape index (κ1) is 17.7. The number of nitrogens with zero attached hydrogens (tertiary/aromatic N) is 1. The van der Waals surface area contributed by atoms with Gasteiger partial charge in [-0.1, -0.05) is 15.9 Å². The highest BCUT2D eigenvalue weighted by atomic mass is 79.9. The molecule has 1 aromatic rings. The Morgan fingerprint density at radius 3 is 2.60 bits per heavy atom. The summed E-state index contributed by atoms with van der Waals surface area (Å²) in [5.41, 5.74) is 0.790. The summed E-state index contributed by atoms with van der Waals surface area (Å²) in [6.45, 7) is 0.563. The Morgan fingerprint density at radius 1 is 1.32 bits per heavy atom. The van der Waals surface area contributed by atoms with Gasteiger partial charge in [0, 0.05) is 28.5 Å². The molecule has 0 heterocycles. The Morgan fingerprint density at radius 2 is 2.00 bits per heavy atom. The Bertz CT molecular complexity index is 693. The van der Waals surface area contributed by atoms with Gasteiger partial charge in [0.2, 0.25) is 5.91 Å². The summed E-state index contributed by atoms with van der Waals surface area (Å²) in [4.78, 5) is 15.2. The number of hydrogen-bond acceptors (Lipinski definition) is 2. The zero-order chi connectivity index (χ0) is 17.8. The van der Waals surface area contributed by atoms with Gasteiger partial charge < -0.3 is 9.64 Å². The normalized spacial score (nSPS) is 35.7. The second kappa shape index (κ2) is 6.16. The van der Waals surface area contributed by atoms with Crippen LogP contribution in [0.2, 0.25) is 0 Å². The minimum atomic E-state index is -0.236. The zero-order valence-corrected chi connectivity index (χ0v) is 17.2. The third-order valence-corrected chi connectivity index (χ3v) is 7.38. The molecule has 1 aromatic carbocycles. The molecular weight excluding hydrogens is 402 g/mol. The summed E-state index contributed by atoms with van der Waals surface area (Å²) < 4.78 is 6.47. The molecule has 0 saturated heterocycles. The molecule has 4 fully saturated rings. The highest BCUT2D eigenvalue weighted by Crippen LogP contribution is 2.64. The van der Waals surface area contributed by atoms with Crippen molar-refractivity contribution in [3.63, 3.8) is 0 Å². The predicted octanol–water partition coefficient (Wildman–Crippen LogP) is 4.99. The molecule has 1 amide bonds. The van der Waals surface area contributed by atoms with Crippen LogP contribution in [0.3, 0.4) is 0 Å². The molecule has 136 valence electrons. The van der Waals surface area contributed by atoms with E-state index in [2.05, 4.69) is 15.9 Å². The second-order valence-electron chi connectivity index (χ2n) is 8.51. The Kier molecular flexibility index (Phi) is 4.35. The molecule has 4 aliphatic rings. The lowest BCUT2D eigenvalue weighted by atomic mass is 9.49. The second-order valence-corrected chi connectivity index (χ2v) is 10.2. The van der Waals surface area contributed by atoms with Gasteiger partial charge in [0.05, 0.1) is 12.5 Å². The third-order valence-electron chi connectivity index (χ3n) is 6.44. The van der Waals surface area contributed by atoms with Crippen molar-refractivity contribution in [2.75, 3.05) is 14.2 Å². The summed E-state index contributed by atoms with van der Waals surface area (Å²) in [6, 6.07) is 5.93. The fourth-order valence-electron chi connectivity index (χ4n) is 6.00. The molecule has 0 aromatic heterocycles. The number of methoxy groups -OCH3 is 1. The van der Waals surface area contributed by atoms with E-state index in [1.54, 1.807) is 7.11 Å². The van der Waals surface area contributed by atoms with Crippen LogP contribution in [0.1, 0.15) is 44.1 Å². The van der Waals surface area contributed by atoms with Crippen LogP contribution in [0, 0.1) is 17.3 Å². The van der Waals surface area contributed by atoms with E-state index in [1.165, 1.54) is 6.42 Å². The smallest absolute Gasteiger partial charge is 0.228 e. The van der Waals surface area contributed by atoms with Gasteiger partial charge in [0.25, 0.3) is 0 Å². The Hall–Kier alpha value is -0.740. The van der Waals surface area contributed by atoms with Crippen LogP contribution in [0.5, 0.6) is 5.75 Å². The van der Waals surface area contributed by atoms with Crippen LogP contribution in [0.4, 0.5) is 0 Å². The maximum atomic E-state index is 13.4. The van der Waals surface area contributed by atoms with Crippen molar-refractivity contribution in [3.05, 3.63) is 28.2 Å². The van der Waals surface area contributed by atoms with E-state index in [9.17, 15) is 4.79 Å². The monoisotopic (exact) mass is 425 g/mol. The molecule has 0 aliphatic heterocycles. The van der Waals surface area contributed by atoms with E-state index in [0.29, 0.717) is 18.4 Å². The number of carbonyl (C=O) groups is 1. The summed E-state index contributed by atoms with van der Waals surface area (Å²) >= 11 is 10.4. The molecule has 2 unspecified atom stereocenters. The van der Waals surface area contributed by atoms with Crippen molar-refractivity contribution in [1.82, 2.24) is 4.90 Å². The zero-order valence-electron chi connectivity index (χ0n) is 14.9. The lowest BCUT2D eigenvalue weighted by Crippen LogP contribution is -2.58. The molecule has 0 radical (unpaired) electrons. The van der Waals surface area contributed by atoms with Gasteiger partial charge in [-0.15, -0.1) is 11.6 Å². The molecular formula is C20H25BrClNO2. The predicted molar refractivity (Wildman–Crippen MR) is 103 cm³/mol. The largest absolute Gasteiger partial charge is 0.496 e. The minimum Gasteiger partial charge on any atom is -0.496 e. The standard InChI is InChI=1S/C20H25BrClNO2/c1-23(11-15-6-16(21)3-4-17(15)25-2)18(24)19-7-13-5-14(8-19)10-20(22,9-13)12-19/h3-4,6,13-14H,5,7-12H2,1-2H3. The lowest BCUT2D eigenvalue weighted by molar-refractivity contribution is -0.155. The van der Waals surface area contributed by atoms with Gasteiger partial charge in [-0.05, 0) is 68.6 Å². The highest BCUT2D eigenvalue weighted by Gasteiger charge is 2.60. The van der Waals surface area contributed by atoms with Gasteiger partial charge in [-0.3, -0.25) is 4.79 Å². The molecule has 4 bridgehead atoms. The van der Waals surface area contributed by atoms with Gasteiger partial charge in [-0.25, -0.2) is 0 Å². The van der Waals surface area contributed by atoms with Crippen LogP contribution >= 0.6 is 27.5 Å². The van der Waals surface area contributed by atoms with Crippen LogP contribution in [-0.2, 0) is 11.3 Å². The number of halogens is 2. The van der Waals surface area contributed by atoms with Crippen molar-refractivity contribution in [3.8, 4) is 5.75 Å². The van der Waals surface area contributed by atoms with E-state index in [-0.39, 0.29) is 16.2 Å². The number of benzene rings is 1. The fourth-order valence-corrected chi connectivity index (χ4v) is 7.10. The quantitative estimate of drug-likeness (QED) is 0.635. The molecule has 0 spiro atoms. The average Bonchev–Trinajstić information content (AvgIpc) is 2.52. The number of alkyl halides is 1. The number of amides is 1. The molecule has 2 atom stereocenters. The molecule has 25 heavy (non-hydrogen) atoms.